The Morgan fingerprint density at radius 2 is 0.625 bits per heavy atom. The van der Waals surface area contributed by atoms with Crippen LogP contribution in [0.2, 0.25) is 0 Å². The molecule has 0 rings (SSSR count). The number of ether oxygens (including phenoxy) is 1. The van der Waals surface area contributed by atoms with E-state index in [9.17, 15) is 0 Å². The number of hydrogen-bond donors (Lipinski definition) is 0. The summed E-state index contributed by atoms with van der Waals surface area (Å²) < 4.78 is 5.70. The minimum Gasteiger partial charge on any atom is -0.376 e. The van der Waals surface area contributed by atoms with Gasteiger partial charge in [0.2, 0.25) is 0 Å². The first-order valence-electron chi connectivity index (χ1n) is 15.3. The molecule has 1 radical (unpaired) electrons. The summed E-state index contributed by atoms with van der Waals surface area (Å²) in [6.07, 6.45) is 38.2. The molecule has 0 unspecified atom stereocenters. The predicted octanol–water partition coefficient (Wildman–Crippen LogP) is 11.7. The Balaban J connectivity index is 2.98. The molecule has 0 heterocycles. The summed E-state index contributed by atoms with van der Waals surface area (Å²) in [5.74, 6) is 0. The molecule has 193 valence electrons. The van der Waals surface area contributed by atoms with Gasteiger partial charge in [0.15, 0.2) is 0 Å². The molecule has 0 aromatic carbocycles. The lowest BCUT2D eigenvalue weighted by Crippen LogP contribution is -1.92. The van der Waals surface area contributed by atoms with Gasteiger partial charge in [-0.3, -0.25) is 0 Å². The van der Waals surface area contributed by atoms with Gasteiger partial charge in [-0.05, 0) is 12.8 Å². The van der Waals surface area contributed by atoms with E-state index in [0.717, 1.165) is 13.0 Å². The van der Waals surface area contributed by atoms with Crippen molar-refractivity contribution in [2.75, 3.05) is 6.61 Å². The predicted molar refractivity (Wildman–Crippen MR) is 146 cm³/mol. The molecule has 0 spiro atoms. The molecule has 0 saturated heterocycles. The maximum atomic E-state index is 5.70. The van der Waals surface area contributed by atoms with Crippen LogP contribution in [0, 0.1) is 6.61 Å². The fraction of sp³-hybridized carbons (Fsp3) is 0.968. The second-order valence-corrected chi connectivity index (χ2v) is 10.3. The summed E-state index contributed by atoms with van der Waals surface area (Å²) in [5.41, 5.74) is 0. The average Bonchev–Trinajstić information content (AvgIpc) is 2.81. The lowest BCUT2D eigenvalue weighted by atomic mass is 10.0. The van der Waals surface area contributed by atoms with Crippen molar-refractivity contribution < 1.29 is 4.74 Å². The number of rotatable bonds is 29. The molecule has 0 aliphatic rings. The highest BCUT2D eigenvalue weighted by Gasteiger charge is 1.96. The van der Waals surface area contributed by atoms with Gasteiger partial charge in [0.25, 0.3) is 0 Å². The van der Waals surface area contributed by atoms with Crippen LogP contribution in [0.3, 0.4) is 0 Å². The second-order valence-electron chi connectivity index (χ2n) is 10.3. The lowest BCUT2D eigenvalue weighted by Gasteiger charge is -2.05. The molecule has 1 nitrogen and oxygen atoms in total. The van der Waals surface area contributed by atoms with E-state index in [1.54, 1.807) is 0 Å². The van der Waals surface area contributed by atoms with Crippen LogP contribution in [-0.4, -0.2) is 6.61 Å². The molecule has 0 amide bonds. The molecule has 32 heavy (non-hydrogen) atoms. The average molecular weight is 452 g/mol. The van der Waals surface area contributed by atoms with Gasteiger partial charge < -0.3 is 4.74 Å². The molecular formula is C31H63O. The summed E-state index contributed by atoms with van der Waals surface area (Å²) in [7, 11) is 0. The van der Waals surface area contributed by atoms with Crippen LogP contribution in [-0.2, 0) is 4.74 Å². The van der Waals surface area contributed by atoms with E-state index < -0.39 is 0 Å². The molecule has 0 aliphatic carbocycles. The molecule has 0 aromatic heterocycles. The minimum atomic E-state index is 0.939. The fourth-order valence-corrected chi connectivity index (χ4v) is 4.62. The quantitative estimate of drug-likeness (QED) is 0.103. The molecule has 0 aliphatic heterocycles. The van der Waals surface area contributed by atoms with Crippen molar-refractivity contribution in [1.82, 2.24) is 0 Å². The van der Waals surface area contributed by atoms with Crippen LogP contribution in [0.1, 0.15) is 187 Å². The molecule has 0 fully saturated rings. The van der Waals surface area contributed by atoms with Crippen LogP contribution in [0.25, 0.3) is 0 Å². The fourth-order valence-electron chi connectivity index (χ4n) is 4.62. The maximum absolute atomic E-state index is 5.70. The van der Waals surface area contributed by atoms with E-state index in [1.165, 1.54) is 167 Å². The molecule has 0 saturated carbocycles. The Bertz CT molecular complexity index is 271. The first kappa shape index (κ1) is 32.0. The summed E-state index contributed by atoms with van der Waals surface area (Å²) in [6, 6.07) is 0. The topological polar surface area (TPSA) is 9.23 Å². The van der Waals surface area contributed by atoms with Crippen molar-refractivity contribution in [3.8, 4) is 0 Å². The Morgan fingerprint density at radius 1 is 0.344 bits per heavy atom. The molecule has 1 heteroatoms. The van der Waals surface area contributed by atoms with Crippen molar-refractivity contribution in [1.29, 1.82) is 0 Å². The normalized spacial score (nSPS) is 11.4. The van der Waals surface area contributed by atoms with Gasteiger partial charge in [0, 0.05) is 6.61 Å². The van der Waals surface area contributed by atoms with Gasteiger partial charge in [0.05, 0.1) is 6.61 Å². The highest BCUT2D eigenvalue weighted by molar-refractivity contribution is 4.54. The summed E-state index contributed by atoms with van der Waals surface area (Å²) >= 11 is 0. The van der Waals surface area contributed by atoms with Crippen LogP contribution in [0.15, 0.2) is 0 Å². The van der Waals surface area contributed by atoms with Crippen LogP contribution < -0.4 is 0 Å². The number of hydrogen-bond acceptors (Lipinski definition) is 1. The van der Waals surface area contributed by atoms with E-state index in [1.807, 2.05) is 0 Å². The third kappa shape index (κ3) is 30.0. The van der Waals surface area contributed by atoms with Crippen LogP contribution in [0.5, 0.6) is 0 Å². The first-order valence-corrected chi connectivity index (χ1v) is 15.3. The Labute approximate surface area is 205 Å². The third-order valence-corrected chi connectivity index (χ3v) is 6.91. The standard InChI is InChI=1S/C31H63O/c1-3-5-7-9-11-13-14-15-16-17-18-19-20-21-23-25-27-29-31-32-30-28-26-24-22-12-10-8-6-4-2/h31H,3-30H2,1-2H3. The van der Waals surface area contributed by atoms with Crippen molar-refractivity contribution >= 4 is 0 Å². The van der Waals surface area contributed by atoms with Gasteiger partial charge in [-0.1, -0.05) is 174 Å². The zero-order valence-corrected chi connectivity index (χ0v) is 22.8. The molecule has 0 aromatic rings. The Morgan fingerprint density at radius 3 is 0.969 bits per heavy atom. The van der Waals surface area contributed by atoms with Crippen molar-refractivity contribution in [3.63, 3.8) is 0 Å². The Kier molecular flexibility index (Phi) is 30.9. The van der Waals surface area contributed by atoms with Gasteiger partial charge >= 0.3 is 0 Å². The largest absolute Gasteiger partial charge is 0.376 e. The molecule has 0 bridgehead atoms. The van der Waals surface area contributed by atoms with E-state index in [4.69, 9.17) is 4.74 Å². The number of unbranched alkanes of at least 4 members (excludes halogenated alkanes) is 25. The zero-order chi connectivity index (χ0) is 23.2. The van der Waals surface area contributed by atoms with Gasteiger partial charge in [-0.25, -0.2) is 0 Å². The minimum absolute atomic E-state index is 0.939. The molecule has 0 atom stereocenters. The van der Waals surface area contributed by atoms with Crippen molar-refractivity contribution in [2.45, 2.75) is 187 Å². The third-order valence-electron chi connectivity index (χ3n) is 6.91. The second kappa shape index (κ2) is 31.0. The summed E-state index contributed by atoms with van der Waals surface area (Å²) in [5, 5.41) is 0. The van der Waals surface area contributed by atoms with Crippen LogP contribution in [0.4, 0.5) is 0 Å². The van der Waals surface area contributed by atoms with Gasteiger partial charge in [0.1, 0.15) is 0 Å². The van der Waals surface area contributed by atoms with Crippen molar-refractivity contribution in [2.24, 2.45) is 0 Å². The van der Waals surface area contributed by atoms with E-state index in [2.05, 4.69) is 20.5 Å². The monoisotopic (exact) mass is 451 g/mol. The molecular weight excluding hydrogens is 388 g/mol. The highest BCUT2D eigenvalue weighted by Crippen LogP contribution is 2.15. The Hall–Kier alpha value is -0.0400. The smallest absolute Gasteiger partial charge is 0.0836 e. The summed E-state index contributed by atoms with van der Waals surface area (Å²) in [4.78, 5) is 0. The summed E-state index contributed by atoms with van der Waals surface area (Å²) in [6.45, 7) is 7.61. The molecule has 0 N–H and O–H groups in total. The lowest BCUT2D eigenvalue weighted by molar-refractivity contribution is 0.183. The van der Waals surface area contributed by atoms with E-state index in [-0.39, 0.29) is 0 Å². The van der Waals surface area contributed by atoms with Crippen molar-refractivity contribution in [3.05, 3.63) is 6.61 Å². The van der Waals surface area contributed by atoms with E-state index >= 15 is 0 Å². The maximum Gasteiger partial charge on any atom is 0.0836 e. The first-order chi connectivity index (χ1) is 15.9. The van der Waals surface area contributed by atoms with Gasteiger partial charge in [-0.15, -0.1) is 0 Å². The van der Waals surface area contributed by atoms with Gasteiger partial charge in [-0.2, -0.15) is 0 Å². The van der Waals surface area contributed by atoms with Crippen LogP contribution >= 0.6 is 0 Å². The zero-order valence-electron chi connectivity index (χ0n) is 22.8. The SMILES string of the molecule is CCCCCCCCCCCCCCCCCCC[CH]OCCCCCCCCCCC. The highest BCUT2D eigenvalue weighted by atomic mass is 16.5. The van der Waals surface area contributed by atoms with E-state index in [0.29, 0.717) is 0 Å².